The normalized spacial score (nSPS) is 25.8. The minimum absolute atomic E-state index is 0.00451. The van der Waals surface area contributed by atoms with Crippen LogP contribution in [0.3, 0.4) is 0 Å². The number of halogens is 2. The average molecular weight is 569 g/mol. The Balaban J connectivity index is 1.25. The Morgan fingerprint density at radius 1 is 0.976 bits per heavy atom. The number of imidazole rings is 1. The van der Waals surface area contributed by atoms with Crippen LogP contribution in [-0.4, -0.2) is 85.7 Å². The first kappa shape index (κ1) is 27.8. The van der Waals surface area contributed by atoms with E-state index in [9.17, 15) is 18.7 Å². The van der Waals surface area contributed by atoms with Crippen LogP contribution in [0.25, 0.3) is 11.2 Å². The number of fused-ring (bicyclic) bond motifs is 1. The Morgan fingerprint density at radius 2 is 1.71 bits per heavy atom. The van der Waals surface area contributed by atoms with Gasteiger partial charge in [0.1, 0.15) is 17.2 Å². The lowest BCUT2D eigenvalue weighted by atomic mass is 9.85. The summed E-state index contributed by atoms with van der Waals surface area (Å²) in [4.78, 5) is 31.5. The molecule has 12 heteroatoms. The summed E-state index contributed by atoms with van der Waals surface area (Å²) < 4.78 is 30.2. The van der Waals surface area contributed by atoms with Gasteiger partial charge in [0.15, 0.2) is 5.65 Å². The Hall–Kier alpha value is -3.38. The SMILES string of the molecule is CN1CCN(C(=O)[C@H]2CC[C@@H](n3c(Nc4ccc(F)cc4F)nc4cnc(NC5CCC(O)CC5)nc43)CC2)CC1. The largest absolute Gasteiger partial charge is 0.393 e. The molecule has 0 atom stereocenters. The van der Waals surface area contributed by atoms with Crippen LogP contribution in [0.4, 0.5) is 26.4 Å². The van der Waals surface area contributed by atoms with Crippen LogP contribution in [0.15, 0.2) is 24.4 Å². The molecule has 10 nitrogen and oxygen atoms in total. The van der Waals surface area contributed by atoms with Crippen molar-refractivity contribution in [2.75, 3.05) is 43.9 Å². The Kier molecular flexibility index (Phi) is 8.03. The lowest BCUT2D eigenvalue weighted by Crippen LogP contribution is -2.49. The van der Waals surface area contributed by atoms with Crippen molar-refractivity contribution < 1.29 is 18.7 Å². The molecule has 3 heterocycles. The molecule has 6 rings (SSSR count). The van der Waals surface area contributed by atoms with Gasteiger partial charge in [-0.25, -0.2) is 18.7 Å². The van der Waals surface area contributed by atoms with E-state index >= 15 is 0 Å². The minimum atomic E-state index is -0.710. The monoisotopic (exact) mass is 568 g/mol. The zero-order chi connectivity index (χ0) is 28.5. The van der Waals surface area contributed by atoms with E-state index in [1.54, 1.807) is 6.20 Å². The van der Waals surface area contributed by atoms with Gasteiger partial charge in [0.2, 0.25) is 17.8 Å². The number of aromatic nitrogens is 4. The summed E-state index contributed by atoms with van der Waals surface area (Å²) in [5, 5.41) is 16.3. The van der Waals surface area contributed by atoms with Crippen LogP contribution in [0.1, 0.15) is 57.4 Å². The predicted molar refractivity (Wildman–Crippen MR) is 152 cm³/mol. The molecule has 3 N–H and O–H groups in total. The molecule has 0 bridgehead atoms. The van der Waals surface area contributed by atoms with Crippen LogP contribution < -0.4 is 10.6 Å². The van der Waals surface area contributed by atoms with Crippen molar-refractivity contribution in [1.82, 2.24) is 29.3 Å². The van der Waals surface area contributed by atoms with E-state index in [0.29, 0.717) is 23.1 Å². The van der Waals surface area contributed by atoms with Gasteiger partial charge in [-0.05, 0) is 70.5 Å². The van der Waals surface area contributed by atoms with Gasteiger partial charge < -0.3 is 25.5 Å². The molecule has 2 saturated carbocycles. The molecule has 3 fully saturated rings. The van der Waals surface area contributed by atoms with Crippen molar-refractivity contribution >= 4 is 34.7 Å². The lowest BCUT2D eigenvalue weighted by Gasteiger charge is -2.37. The summed E-state index contributed by atoms with van der Waals surface area (Å²) in [6.07, 6.45) is 7.57. The van der Waals surface area contributed by atoms with Crippen molar-refractivity contribution in [3.05, 3.63) is 36.0 Å². The summed E-state index contributed by atoms with van der Waals surface area (Å²) in [5.74, 6) is -0.237. The molecule has 1 saturated heterocycles. The fraction of sp³-hybridized carbons (Fsp3) is 0.586. The van der Waals surface area contributed by atoms with E-state index in [2.05, 4.69) is 27.6 Å². The third-order valence-electron chi connectivity index (χ3n) is 8.87. The number of aliphatic hydroxyl groups excluding tert-OH is 1. The topological polar surface area (TPSA) is 111 Å². The molecule has 220 valence electrons. The van der Waals surface area contributed by atoms with E-state index in [1.165, 1.54) is 12.1 Å². The van der Waals surface area contributed by atoms with Crippen LogP contribution in [0.2, 0.25) is 0 Å². The maximum atomic E-state index is 14.6. The number of nitrogens with zero attached hydrogens (tertiary/aromatic N) is 6. The standard InChI is InChI=1S/C29H38F2N8O2/c1-37-12-14-38(15-13-37)27(41)18-2-7-21(8-3-18)39-26-25(35-29(39)34-24-11-4-19(30)16-23(24)31)17-32-28(36-26)33-20-5-9-22(40)10-6-20/h4,11,16-18,20-22,40H,2-3,5-10,12-15H2,1H3,(H,34,35)(H,32,33,36)/t18-,20?,21+,22?. The molecule has 0 unspecified atom stereocenters. The number of carbonyl (C=O) groups is 1. The Bertz CT molecular complexity index is 1380. The zero-order valence-corrected chi connectivity index (χ0v) is 23.4. The van der Waals surface area contributed by atoms with E-state index in [-0.39, 0.29) is 35.7 Å². The van der Waals surface area contributed by atoms with Crippen LogP contribution >= 0.6 is 0 Å². The number of anilines is 3. The van der Waals surface area contributed by atoms with E-state index in [0.717, 1.165) is 83.6 Å². The van der Waals surface area contributed by atoms with Gasteiger partial charge >= 0.3 is 0 Å². The lowest BCUT2D eigenvalue weighted by molar-refractivity contribution is -0.138. The first-order valence-electron chi connectivity index (χ1n) is 14.7. The highest BCUT2D eigenvalue weighted by atomic mass is 19.1. The number of nitrogens with one attached hydrogen (secondary N) is 2. The fourth-order valence-corrected chi connectivity index (χ4v) is 6.37. The summed E-state index contributed by atoms with van der Waals surface area (Å²) >= 11 is 0. The van der Waals surface area contributed by atoms with Crippen molar-refractivity contribution in [3.8, 4) is 0 Å². The molecule has 0 radical (unpaired) electrons. The van der Waals surface area contributed by atoms with Gasteiger partial charge in [-0.15, -0.1) is 0 Å². The third kappa shape index (κ3) is 6.13. The molecular weight excluding hydrogens is 530 g/mol. The van der Waals surface area contributed by atoms with Gasteiger partial charge in [0.05, 0.1) is 18.0 Å². The zero-order valence-electron chi connectivity index (χ0n) is 23.4. The van der Waals surface area contributed by atoms with Gasteiger partial charge in [-0.1, -0.05) is 0 Å². The molecule has 2 aromatic heterocycles. The number of aliphatic hydroxyl groups is 1. The molecular formula is C29H38F2N8O2. The second-order valence-electron chi connectivity index (χ2n) is 11.7. The number of likely N-dealkylation sites (N-methyl/N-ethyl adjacent to an activating group) is 1. The van der Waals surface area contributed by atoms with Crippen molar-refractivity contribution in [2.45, 2.75) is 69.6 Å². The maximum Gasteiger partial charge on any atom is 0.225 e. The second-order valence-corrected chi connectivity index (χ2v) is 11.7. The number of amides is 1. The average Bonchev–Trinajstić information content (AvgIpc) is 3.33. The van der Waals surface area contributed by atoms with Gasteiger partial charge in [-0.2, -0.15) is 4.98 Å². The molecule has 41 heavy (non-hydrogen) atoms. The number of hydrogen-bond donors (Lipinski definition) is 3. The molecule has 2 aliphatic carbocycles. The van der Waals surface area contributed by atoms with E-state index < -0.39 is 11.6 Å². The third-order valence-corrected chi connectivity index (χ3v) is 8.87. The molecule has 1 amide bonds. The van der Waals surface area contributed by atoms with Crippen molar-refractivity contribution in [1.29, 1.82) is 0 Å². The molecule has 3 aromatic rings. The summed E-state index contributed by atoms with van der Waals surface area (Å²) in [5.41, 5.74) is 1.31. The van der Waals surface area contributed by atoms with Crippen LogP contribution in [-0.2, 0) is 4.79 Å². The second kappa shape index (κ2) is 11.8. The molecule has 3 aliphatic rings. The Morgan fingerprint density at radius 3 is 2.41 bits per heavy atom. The highest BCUT2D eigenvalue weighted by Crippen LogP contribution is 2.38. The number of carbonyl (C=O) groups excluding carboxylic acids is 1. The summed E-state index contributed by atoms with van der Waals surface area (Å²) in [7, 11) is 2.08. The Labute approximate surface area is 238 Å². The number of benzene rings is 1. The molecule has 0 spiro atoms. The van der Waals surface area contributed by atoms with Gasteiger partial charge in [0.25, 0.3) is 0 Å². The first-order valence-corrected chi connectivity index (χ1v) is 14.7. The smallest absolute Gasteiger partial charge is 0.225 e. The van der Waals surface area contributed by atoms with Crippen molar-refractivity contribution in [2.24, 2.45) is 5.92 Å². The quantitative estimate of drug-likeness (QED) is 0.408. The first-order chi connectivity index (χ1) is 19.8. The molecule has 1 aromatic carbocycles. The van der Waals surface area contributed by atoms with E-state index in [4.69, 9.17) is 9.97 Å². The van der Waals surface area contributed by atoms with Gasteiger partial charge in [0, 0.05) is 50.2 Å². The number of piperazine rings is 1. The number of rotatable bonds is 6. The van der Waals surface area contributed by atoms with Gasteiger partial charge in [-0.3, -0.25) is 9.36 Å². The molecule has 1 aliphatic heterocycles. The number of hydrogen-bond acceptors (Lipinski definition) is 8. The predicted octanol–water partition coefficient (Wildman–Crippen LogP) is 4.07. The summed E-state index contributed by atoms with van der Waals surface area (Å²) in [6, 6.07) is 3.57. The summed E-state index contributed by atoms with van der Waals surface area (Å²) in [6.45, 7) is 3.33. The fourth-order valence-electron chi connectivity index (χ4n) is 6.37. The highest BCUT2D eigenvalue weighted by Gasteiger charge is 2.33. The minimum Gasteiger partial charge on any atom is -0.393 e. The highest BCUT2D eigenvalue weighted by molar-refractivity contribution is 5.79. The van der Waals surface area contributed by atoms with Crippen LogP contribution in [0, 0.1) is 17.6 Å². The van der Waals surface area contributed by atoms with Crippen LogP contribution in [0.5, 0.6) is 0 Å². The maximum absolute atomic E-state index is 14.6. The van der Waals surface area contributed by atoms with Crippen molar-refractivity contribution in [3.63, 3.8) is 0 Å². The van der Waals surface area contributed by atoms with E-state index in [1.807, 2.05) is 9.47 Å².